The van der Waals surface area contributed by atoms with Gasteiger partial charge < -0.3 is 10.3 Å². The highest BCUT2D eigenvalue weighted by molar-refractivity contribution is 5.75. The molecule has 0 unspecified atom stereocenters. The molecule has 2 N–H and O–H groups in total. The maximum Gasteiger partial charge on any atom is 0.219 e. The number of unbranched alkanes of at least 4 members (excludes halogenated alkanes) is 2. The maximum atomic E-state index is 11.3. The molecule has 1 heterocycles. The van der Waals surface area contributed by atoms with E-state index in [1.54, 1.807) is 6.20 Å². The van der Waals surface area contributed by atoms with Crippen molar-refractivity contribution in [2.45, 2.75) is 45.4 Å². The SMILES string of the molecule is CCCCCC(=O)NCCCc1ncc[nH]1. The Bertz CT molecular complexity index is 282. The minimum absolute atomic E-state index is 0.174. The third-order valence-corrected chi connectivity index (χ3v) is 2.47. The second-order valence-corrected chi connectivity index (χ2v) is 3.95. The number of amides is 1. The summed E-state index contributed by atoms with van der Waals surface area (Å²) in [5.41, 5.74) is 0. The van der Waals surface area contributed by atoms with Gasteiger partial charge in [-0.25, -0.2) is 4.98 Å². The van der Waals surface area contributed by atoms with Gasteiger partial charge >= 0.3 is 0 Å². The van der Waals surface area contributed by atoms with E-state index in [9.17, 15) is 4.79 Å². The summed E-state index contributed by atoms with van der Waals surface area (Å²) in [4.78, 5) is 18.5. The first-order valence-electron chi connectivity index (χ1n) is 6.08. The average molecular weight is 223 g/mol. The van der Waals surface area contributed by atoms with Gasteiger partial charge in [-0.1, -0.05) is 19.8 Å². The van der Waals surface area contributed by atoms with E-state index >= 15 is 0 Å². The number of nitrogens with zero attached hydrogens (tertiary/aromatic N) is 1. The maximum absolute atomic E-state index is 11.3. The van der Waals surface area contributed by atoms with Crippen LogP contribution in [-0.4, -0.2) is 22.4 Å². The number of aromatic nitrogens is 2. The van der Waals surface area contributed by atoms with Crippen molar-refractivity contribution in [1.82, 2.24) is 15.3 Å². The quantitative estimate of drug-likeness (QED) is 0.663. The number of carbonyl (C=O) groups is 1. The topological polar surface area (TPSA) is 57.8 Å². The predicted octanol–water partition coefficient (Wildman–Crippen LogP) is 2.04. The lowest BCUT2D eigenvalue weighted by Gasteiger charge is -2.03. The van der Waals surface area contributed by atoms with Crippen LogP contribution in [0.4, 0.5) is 0 Å². The molecule has 0 radical (unpaired) electrons. The largest absolute Gasteiger partial charge is 0.356 e. The first-order valence-corrected chi connectivity index (χ1v) is 6.08. The Morgan fingerprint density at radius 1 is 1.44 bits per heavy atom. The Morgan fingerprint density at radius 3 is 3.00 bits per heavy atom. The van der Waals surface area contributed by atoms with Crippen LogP contribution in [0.2, 0.25) is 0 Å². The molecule has 0 atom stereocenters. The first-order chi connectivity index (χ1) is 7.83. The van der Waals surface area contributed by atoms with E-state index in [1.807, 2.05) is 6.20 Å². The Labute approximate surface area is 96.9 Å². The Hall–Kier alpha value is -1.32. The van der Waals surface area contributed by atoms with Gasteiger partial charge in [0.15, 0.2) is 0 Å². The van der Waals surface area contributed by atoms with Gasteiger partial charge in [-0.15, -0.1) is 0 Å². The number of hydrogen-bond donors (Lipinski definition) is 2. The second-order valence-electron chi connectivity index (χ2n) is 3.95. The third kappa shape index (κ3) is 5.53. The van der Waals surface area contributed by atoms with E-state index in [-0.39, 0.29) is 5.91 Å². The second kappa shape index (κ2) is 7.91. The number of aromatic amines is 1. The van der Waals surface area contributed by atoms with Crippen molar-refractivity contribution in [3.05, 3.63) is 18.2 Å². The van der Waals surface area contributed by atoms with Gasteiger partial charge in [0.1, 0.15) is 5.82 Å². The summed E-state index contributed by atoms with van der Waals surface area (Å²) in [6.45, 7) is 2.88. The monoisotopic (exact) mass is 223 g/mol. The van der Waals surface area contributed by atoms with Crippen LogP contribution in [0, 0.1) is 0 Å². The highest BCUT2D eigenvalue weighted by Crippen LogP contribution is 1.98. The lowest BCUT2D eigenvalue weighted by Crippen LogP contribution is -2.24. The number of aryl methyl sites for hydroxylation is 1. The number of H-pyrrole nitrogens is 1. The number of hydrogen-bond acceptors (Lipinski definition) is 2. The molecule has 0 spiro atoms. The zero-order chi connectivity index (χ0) is 11.6. The summed E-state index contributed by atoms with van der Waals surface area (Å²) >= 11 is 0. The molecule has 0 aromatic carbocycles. The molecule has 4 heteroatoms. The van der Waals surface area contributed by atoms with Crippen molar-refractivity contribution in [3.8, 4) is 0 Å². The summed E-state index contributed by atoms with van der Waals surface area (Å²) in [5.74, 6) is 1.16. The van der Waals surface area contributed by atoms with E-state index in [4.69, 9.17) is 0 Å². The van der Waals surface area contributed by atoms with E-state index in [1.165, 1.54) is 0 Å². The van der Waals surface area contributed by atoms with Crippen LogP contribution in [0.25, 0.3) is 0 Å². The van der Waals surface area contributed by atoms with Crippen LogP contribution in [0.15, 0.2) is 12.4 Å². The molecule has 0 aliphatic rings. The Kier molecular flexibility index (Phi) is 6.30. The number of carbonyl (C=O) groups excluding carboxylic acids is 1. The number of imidazole rings is 1. The fourth-order valence-corrected chi connectivity index (χ4v) is 1.54. The Balaban J connectivity index is 1.96. The van der Waals surface area contributed by atoms with E-state index in [0.717, 1.165) is 44.5 Å². The van der Waals surface area contributed by atoms with Gasteiger partial charge in [0.2, 0.25) is 5.91 Å². The van der Waals surface area contributed by atoms with Gasteiger partial charge in [-0.05, 0) is 12.8 Å². The highest BCUT2D eigenvalue weighted by atomic mass is 16.1. The summed E-state index contributed by atoms with van der Waals surface area (Å²) in [6, 6.07) is 0. The Morgan fingerprint density at radius 2 is 2.31 bits per heavy atom. The first kappa shape index (κ1) is 12.7. The van der Waals surface area contributed by atoms with Crippen LogP contribution in [0.3, 0.4) is 0 Å². The molecule has 0 aliphatic carbocycles. The van der Waals surface area contributed by atoms with E-state index < -0.39 is 0 Å². The van der Waals surface area contributed by atoms with Crippen LogP contribution >= 0.6 is 0 Å². The minimum Gasteiger partial charge on any atom is -0.356 e. The fourth-order valence-electron chi connectivity index (χ4n) is 1.54. The molecule has 1 aromatic rings. The molecule has 16 heavy (non-hydrogen) atoms. The van der Waals surface area contributed by atoms with Crippen LogP contribution in [-0.2, 0) is 11.2 Å². The summed E-state index contributed by atoms with van der Waals surface area (Å²) in [5, 5.41) is 2.92. The molecule has 0 aliphatic heterocycles. The van der Waals surface area contributed by atoms with Crippen LogP contribution in [0.5, 0.6) is 0 Å². The summed E-state index contributed by atoms with van der Waals surface area (Å²) in [7, 11) is 0. The van der Waals surface area contributed by atoms with Crippen LogP contribution in [0.1, 0.15) is 44.9 Å². The molecule has 1 amide bonds. The number of nitrogens with one attached hydrogen (secondary N) is 2. The van der Waals surface area contributed by atoms with Crippen molar-refractivity contribution < 1.29 is 4.79 Å². The molecular formula is C12H21N3O. The smallest absolute Gasteiger partial charge is 0.219 e. The van der Waals surface area contributed by atoms with Gasteiger partial charge in [-0.3, -0.25) is 4.79 Å². The van der Waals surface area contributed by atoms with Gasteiger partial charge in [0.25, 0.3) is 0 Å². The molecular weight excluding hydrogens is 202 g/mol. The predicted molar refractivity (Wildman–Crippen MR) is 64.1 cm³/mol. The molecule has 0 saturated carbocycles. The van der Waals surface area contributed by atoms with Crippen molar-refractivity contribution in [2.75, 3.05) is 6.54 Å². The summed E-state index contributed by atoms with van der Waals surface area (Å²) < 4.78 is 0. The third-order valence-electron chi connectivity index (χ3n) is 2.47. The van der Waals surface area contributed by atoms with E-state index in [2.05, 4.69) is 22.2 Å². The molecule has 0 saturated heterocycles. The summed E-state index contributed by atoms with van der Waals surface area (Å²) in [6.07, 6.45) is 9.35. The molecule has 1 aromatic heterocycles. The molecule has 90 valence electrons. The minimum atomic E-state index is 0.174. The normalized spacial score (nSPS) is 10.3. The number of rotatable bonds is 8. The van der Waals surface area contributed by atoms with E-state index in [0.29, 0.717) is 6.42 Å². The zero-order valence-electron chi connectivity index (χ0n) is 9.96. The molecule has 1 rings (SSSR count). The highest BCUT2D eigenvalue weighted by Gasteiger charge is 2.00. The van der Waals surface area contributed by atoms with Gasteiger partial charge in [0, 0.05) is 31.8 Å². The van der Waals surface area contributed by atoms with Gasteiger partial charge in [-0.2, -0.15) is 0 Å². The van der Waals surface area contributed by atoms with Crippen molar-refractivity contribution >= 4 is 5.91 Å². The fraction of sp³-hybridized carbons (Fsp3) is 0.667. The average Bonchev–Trinajstić information content (AvgIpc) is 2.78. The lowest BCUT2D eigenvalue weighted by molar-refractivity contribution is -0.121. The van der Waals surface area contributed by atoms with Crippen LogP contribution < -0.4 is 5.32 Å². The molecule has 0 fully saturated rings. The molecule has 4 nitrogen and oxygen atoms in total. The van der Waals surface area contributed by atoms with Gasteiger partial charge in [0.05, 0.1) is 0 Å². The lowest BCUT2D eigenvalue weighted by atomic mass is 10.2. The van der Waals surface area contributed by atoms with Crippen molar-refractivity contribution in [2.24, 2.45) is 0 Å². The zero-order valence-corrected chi connectivity index (χ0v) is 9.96. The molecule has 0 bridgehead atoms. The van der Waals surface area contributed by atoms with Crippen molar-refractivity contribution in [1.29, 1.82) is 0 Å². The van der Waals surface area contributed by atoms with Crippen molar-refractivity contribution in [3.63, 3.8) is 0 Å². The standard InChI is InChI=1S/C12H21N3O/c1-2-3-4-7-12(16)15-8-5-6-11-13-9-10-14-11/h9-10H,2-8H2,1H3,(H,13,14)(H,15,16).